The highest BCUT2D eigenvalue weighted by molar-refractivity contribution is 6.29. The highest BCUT2D eigenvalue weighted by atomic mass is 16.7. The van der Waals surface area contributed by atoms with Crippen LogP contribution in [0.5, 0.6) is 0 Å². The molecule has 3 aliphatic carbocycles. The molecule has 0 radical (unpaired) electrons. The Morgan fingerprint density at radius 3 is 1.04 bits per heavy atom. The van der Waals surface area contributed by atoms with Crippen molar-refractivity contribution in [2.45, 2.75) is 50.4 Å². The molecule has 0 saturated carbocycles. The molecule has 9 N–H and O–H groups in total. The molecule has 7 fully saturated rings. The summed E-state index contributed by atoms with van der Waals surface area (Å²) in [7, 11) is 4.30. The van der Waals surface area contributed by atoms with Gasteiger partial charge in [-0.3, -0.25) is 50.8 Å². The second-order valence-corrected chi connectivity index (χ2v) is 29.6. The first kappa shape index (κ1) is 74.2. The summed E-state index contributed by atoms with van der Waals surface area (Å²) >= 11 is 0. The maximum atomic E-state index is 13.7. The van der Waals surface area contributed by atoms with Crippen LogP contribution in [0.25, 0.3) is 67.5 Å². The molecule has 6 amide bonds. The monoisotopic (exact) mass is 1530 g/mol. The van der Waals surface area contributed by atoms with Crippen LogP contribution in [-0.2, 0) is 28.5 Å². The number of amides is 6. The number of nitrogens with one attached hydrogen (secondary N) is 9. The average molecular weight is 1530 g/mol. The lowest BCUT2D eigenvalue weighted by Crippen LogP contribution is -2.49. The number of hydrazine groups is 3. The van der Waals surface area contributed by atoms with Gasteiger partial charge in [-0.05, 0) is 81.5 Å². The second kappa shape index (κ2) is 32.3. The maximum absolute atomic E-state index is 13.7. The SMILES string of the molecule is CN(C)C1CCN(c2ccc(-c3n[nH]c4c3C(=O)c3c(NC(=O)NN5CCOCC5)cccc3-4)cc2)CC1.O=C(Nc1cccc2c1C(=O)c1c(-c3ccc(N4CCC5(CC4)OCCO5)cc3)n[nH]c1-2)NN1CCOCC1.O=C1CCN(c2ccc(-c3n[nH]c4c3C(=O)c3c(NC(=O)NN5CCOCC5)cccc3-4)cc2)CC1. The van der Waals surface area contributed by atoms with Crippen LogP contribution in [-0.4, -0.2) is 249 Å². The maximum Gasteiger partial charge on any atom is 0.333 e. The van der Waals surface area contributed by atoms with E-state index in [4.69, 9.17) is 23.7 Å². The molecular weight excluding hydrogens is 1440 g/mol. The van der Waals surface area contributed by atoms with E-state index >= 15 is 0 Å². The highest BCUT2D eigenvalue weighted by Gasteiger charge is 2.42. The van der Waals surface area contributed by atoms with Crippen LogP contribution in [0.15, 0.2) is 127 Å². The van der Waals surface area contributed by atoms with E-state index in [1.54, 1.807) is 28.2 Å². The number of piperidine rings is 3. The number of morpholine rings is 3. The number of ether oxygens (including phenoxy) is 5. The van der Waals surface area contributed by atoms with Crippen LogP contribution in [0.2, 0.25) is 0 Å². The van der Waals surface area contributed by atoms with E-state index in [-0.39, 0.29) is 23.4 Å². The summed E-state index contributed by atoms with van der Waals surface area (Å²) < 4.78 is 27.7. The van der Waals surface area contributed by atoms with Gasteiger partial charge in [-0.25, -0.2) is 29.4 Å². The normalized spacial score (nSPS) is 18.6. The van der Waals surface area contributed by atoms with Crippen LogP contribution in [0.1, 0.15) is 86.3 Å². The predicted octanol–water partition coefficient (Wildman–Crippen LogP) is 9.01. The van der Waals surface area contributed by atoms with Crippen LogP contribution < -0.4 is 46.9 Å². The molecule has 584 valence electrons. The van der Waals surface area contributed by atoms with E-state index in [1.165, 1.54) is 5.69 Å². The summed E-state index contributed by atoms with van der Waals surface area (Å²) in [6.07, 6.45) is 5.12. The van der Waals surface area contributed by atoms with Gasteiger partial charge in [0.05, 0.1) is 120 Å². The number of hydrogen-bond donors (Lipinski definition) is 9. The highest BCUT2D eigenvalue weighted by Crippen LogP contribution is 2.47. The van der Waals surface area contributed by atoms with E-state index < -0.39 is 17.8 Å². The third-order valence-corrected chi connectivity index (χ3v) is 22.6. The third kappa shape index (κ3) is 15.3. The van der Waals surface area contributed by atoms with Crippen molar-refractivity contribution in [3.05, 3.63) is 161 Å². The number of hydrogen-bond acceptors (Lipinski definition) is 22. The fourth-order valence-electron chi connectivity index (χ4n) is 16.5. The van der Waals surface area contributed by atoms with E-state index in [0.717, 1.165) is 104 Å². The van der Waals surface area contributed by atoms with E-state index in [1.807, 2.05) is 89.9 Å². The zero-order valence-electron chi connectivity index (χ0n) is 63.0. The van der Waals surface area contributed by atoms with Crippen molar-refractivity contribution in [2.75, 3.05) is 176 Å². The first-order valence-corrected chi connectivity index (χ1v) is 38.7. The number of aromatic nitrogens is 6. The Balaban J connectivity index is 0.000000123. The summed E-state index contributed by atoms with van der Waals surface area (Å²) in [5.74, 6) is -0.577. The minimum atomic E-state index is -0.404. The molecule has 31 heteroatoms. The van der Waals surface area contributed by atoms with Crippen LogP contribution in [0, 0.1) is 0 Å². The van der Waals surface area contributed by atoms with Gasteiger partial charge in [0.15, 0.2) is 23.1 Å². The average Bonchev–Trinajstić information content (AvgIpc) is 1.59. The van der Waals surface area contributed by atoms with Crippen LogP contribution in [0.3, 0.4) is 0 Å². The largest absolute Gasteiger partial charge is 0.379 e. The zero-order valence-corrected chi connectivity index (χ0v) is 63.0. The van der Waals surface area contributed by atoms with Gasteiger partial charge in [-0.1, -0.05) is 72.8 Å². The van der Waals surface area contributed by atoms with E-state index in [0.29, 0.717) is 207 Å². The van der Waals surface area contributed by atoms with Gasteiger partial charge in [-0.2, -0.15) is 15.3 Å². The predicted molar refractivity (Wildman–Crippen MR) is 424 cm³/mol. The lowest BCUT2D eigenvalue weighted by atomic mass is 10.0. The van der Waals surface area contributed by atoms with Gasteiger partial charge in [-0.15, -0.1) is 0 Å². The quantitative estimate of drug-likeness (QED) is 0.0519. The standard InChI is InChI=1S/C28H33N7O3.C28H30N6O5.C26H26N6O4/c1-33(2)19-10-12-34(13-11-19)20-8-6-18(7-9-20)25-24-26(31-30-25)21-4-3-5-22(23(21)27(24)36)29-28(37)32-35-14-16-38-17-15-35;35-26-22-20(2-1-3-21(22)29-27(36)32-34-12-14-37-15-13-34)25-23(26)24(30-31-25)18-4-6-19(7-5-18)33-10-8-28(9-11-33)38-16-17-39-28;33-18-8-10-31(11-9-18)17-6-4-16(5-7-17)23-22-24(29-28-23)19-2-1-3-20(21(19)25(22)34)27-26(35)30-32-12-14-36-15-13-32/h3-9,19H,10-17H2,1-2H3,(H,30,31)(H2,29,32,37);1-7H,8-17H2,(H,30,31)(H2,29,32,36);1-7H,8-15H2,(H,28,29)(H2,27,30,35). The minimum absolute atomic E-state index is 0.143. The molecular formula is C82H89N19O12. The number of aromatic amines is 3. The number of rotatable bonds is 13. The molecule has 31 nitrogen and oxygen atoms in total. The fraction of sp³-hybridized carbons (Fsp3) is 0.366. The first-order chi connectivity index (χ1) is 55.2. The molecule has 7 saturated heterocycles. The van der Waals surface area contributed by atoms with Gasteiger partial charge in [0, 0.05) is 161 Å². The van der Waals surface area contributed by atoms with Gasteiger partial charge >= 0.3 is 18.1 Å². The van der Waals surface area contributed by atoms with Crippen molar-refractivity contribution in [1.82, 2.24) is 66.8 Å². The van der Waals surface area contributed by atoms with Crippen molar-refractivity contribution in [1.29, 1.82) is 0 Å². The Morgan fingerprint density at radius 2 is 0.717 bits per heavy atom. The van der Waals surface area contributed by atoms with Gasteiger partial charge < -0.3 is 59.2 Å². The van der Waals surface area contributed by atoms with E-state index in [9.17, 15) is 33.6 Å². The number of urea groups is 3. The van der Waals surface area contributed by atoms with Crippen molar-refractivity contribution in [3.63, 3.8) is 0 Å². The van der Waals surface area contributed by atoms with Crippen molar-refractivity contribution in [3.8, 4) is 67.5 Å². The van der Waals surface area contributed by atoms with Gasteiger partial charge in [0.2, 0.25) is 0 Å². The Kier molecular flexibility index (Phi) is 21.2. The van der Waals surface area contributed by atoms with Crippen molar-refractivity contribution < 1.29 is 57.2 Å². The third-order valence-electron chi connectivity index (χ3n) is 22.6. The number of H-pyrrole nitrogens is 3. The molecule has 6 aromatic carbocycles. The number of fused-ring (bicyclic) bond motifs is 9. The minimum Gasteiger partial charge on any atom is -0.379 e. The number of anilines is 6. The van der Waals surface area contributed by atoms with Gasteiger partial charge in [0.25, 0.3) is 0 Å². The Labute approximate surface area is 651 Å². The number of carbonyl (C=O) groups excluding carboxylic acids is 7. The van der Waals surface area contributed by atoms with Gasteiger partial charge in [0.1, 0.15) is 22.9 Å². The van der Waals surface area contributed by atoms with Crippen LogP contribution in [0.4, 0.5) is 48.5 Å². The summed E-state index contributed by atoms with van der Waals surface area (Å²) in [5.41, 5.74) is 24.8. The number of Topliss-reactive ketones (excluding diaryl/α,β-unsaturated/α-hetero) is 1. The zero-order chi connectivity index (χ0) is 77.3. The number of benzene rings is 6. The Morgan fingerprint density at radius 1 is 0.398 bits per heavy atom. The number of nitrogens with zero attached hydrogens (tertiary/aromatic N) is 10. The molecule has 0 atom stereocenters. The summed E-state index contributed by atoms with van der Waals surface area (Å²) in [5, 5.41) is 36.6. The molecule has 3 aromatic heterocycles. The van der Waals surface area contributed by atoms with Crippen LogP contribution >= 0.6 is 0 Å². The van der Waals surface area contributed by atoms with Crippen molar-refractivity contribution in [2.24, 2.45) is 0 Å². The first-order valence-electron chi connectivity index (χ1n) is 38.7. The molecule has 113 heavy (non-hydrogen) atoms. The second-order valence-electron chi connectivity index (χ2n) is 29.6. The molecule has 7 aliphatic heterocycles. The summed E-state index contributed by atoms with van der Waals surface area (Å²) in [4.78, 5) is 99.7. The molecule has 10 aliphatic rings. The molecule has 1 spiro atoms. The molecule has 0 bridgehead atoms. The molecule has 10 heterocycles. The lowest BCUT2D eigenvalue weighted by molar-refractivity contribution is -0.169. The number of ketones is 4. The Bertz CT molecular complexity index is 5070. The smallest absolute Gasteiger partial charge is 0.333 e. The molecule has 9 aromatic rings. The van der Waals surface area contributed by atoms with E-state index in [2.05, 4.69) is 121 Å². The molecule has 0 unspecified atom stereocenters. The van der Waals surface area contributed by atoms with Crippen molar-refractivity contribution >= 4 is 75.4 Å². The topological polar surface area (TPSA) is 347 Å². The Hall–Kier alpha value is -11.5. The number of carbonyl (C=O) groups is 7. The fourth-order valence-corrected chi connectivity index (χ4v) is 16.5. The molecule has 19 rings (SSSR count). The lowest BCUT2D eigenvalue weighted by Gasteiger charge is -2.38. The summed E-state index contributed by atoms with van der Waals surface area (Å²) in [6, 6.07) is 40.1. The summed E-state index contributed by atoms with van der Waals surface area (Å²) in [6.45, 7) is 13.6.